The van der Waals surface area contributed by atoms with E-state index in [0.29, 0.717) is 22.4 Å². The van der Waals surface area contributed by atoms with Crippen LogP contribution in [0.1, 0.15) is 15.9 Å². The molecule has 0 saturated heterocycles. The Morgan fingerprint density at radius 1 is 1.27 bits per heavy atom. The summed E-state index contributed by atoms with van der Waals surface area (Å²) < 4.78 is 0. The number of aromatic nitrogens is 1. The number of aryl methyl sites for hydroxylation is 1. The zero-order valence-corrected chi connectivity index (χ0v) is 9.43. The first-order chi connectivity index (χ1) is 7.11. The number of halogens is 2. The summed E-state index contributed by atoms with van der Waals surface area (Å²) in [6.07, 6.45) is 0.686. The number of carbonyl (C=O) groups excluding carboxylic acids is 1. The van der Waals surface area contributed by atoms with Gasteiger partial charge >= 0.3 is 0 Å². The summed E-state index contributed by atoms with van der Waals surface area (Å²) in [4.78, 5) is 14.8. The monoisotopic (exact) mass is 239 g/mol. The molecule has 0 amide bonds. The highest BCUT2D eigenvalue weighted by Crippen LogP contribution is 2.26. The van der Waals surface area contributed by atoms with Crippen LogP contribution in [0, 0.1) is 6.92 Å². The highest BCUT2D eigenvalue weighted by atomic mass is 35.5. The molecular formula is C11H7Cl2NO. The van der Waals surface area contributed by atoms with Crippen molar-refractivity contribution in [3.05, 3.63) is 39.5 Å². The lowest BCUT2D eigenvalue weighted by atomic mass is 10.1. The number of aldehydes is 1. The van der Waals surface area contributed by atoms with Crippen LogP contribution in [0.15, 0.2) is 18.2 Å². The molecule has 0 bridgehead atoms. The van der Waals surface area contributed by atoms with Crippen LogP contribution in [0.5, 0.6) is 0 Å². The standard InChI is InChI=1S/C11H7Cl2NO/c1-6-2-7-4-8(5-15)11(13)14-10(7)9(12)3-6/h2-5H,1H3. The van der Waals surface area contributed by atoms with Gasteiger partial charge in [0.1, 0.15) is 5.15 Å². The van der Waals surface area contributed by atoms with Crippen LogP contribution in [0.25, 0.3) is 10.9 Å². The van der Waals surface area contributed by atoms with Crippen molar-refractivity contribution in [2.45, 2.75) is 6.92 Å². The number of nitrogens with zero attached hydrogens (tertiary/aromatic N) is 1. The van der Waals surface area contributed by atoms with Gasteiger partial charge in [-0.2, -0.15) is 0 Å². The lowest BCUT2D eigenvalue weighted by Crippen LogP contribution is -1.89. The number of benzene rings is 1. The molecule has 0 atom stereocenters. The molecule has 0 saturated carbocycles. The van der Waals surface area contributed by atoms with Gasteiger partial charge in [0.15, 0.2) is 6.29 Å². The van der Waals surface area contributed by atoms with Gasteiger partial charge in [0, 0.05) is 5.39 Å². The first-order valence-electron chi connectivity index (χ1n) is 4.33. The number of hydrogen-bond donors (Lipinski definition) is 0. The van der Waals surface area contributed by atoms with E-state index in [1.54, 1.807) is 6.07 Å². The molecule has 2 aromatic rings. The zero-order chi connectivity index (χ0) is 11.0. The SMILES string of the molecule is Cc1cc(Cl)c2nc(Cl)c(C=O)cc2c1. The Labute approximate surface area is 96.8 Å². The summed E-state index contributed by atoms with van der Waals surface area (Å²) >= 11 is 11.8. The van der Waals surface area contributed by atoms with E-state index in [9.17, 15) is 4.79 Å². The first kappa shape index (κ1) is 10.4. The van der Waals surface area contributed by atoms with Crippen molar-refractivity contribution in [1.29, 1.82) is 0 Å². The molecule has 0 radical (unpaired) electrons. The zero-order valence-electron chi connectivity index (χ0n) is 7.92. The van der Waals surface area contributed by atoms with Crippen molar-refractivity contribution in [2.24, 2.45) is 0 Å². The lowest BCUT2D eigenvalue weighted by Gasteiger charge is -2.04. The minimum Gasteiger partial charge on any atom is -0.298 e. The lowest BCUT2D eigenvalue weighted by molar-refractivity contribution is 0.112. The van der Waals surface area contributed by atoms with Gasteiger partial charge in [0.2, 0.25) is 0 Å². The van der Waals surface area contributed by atoms with Gasteiger partial charge < -0.3 is 0 Å². The summed E-state index contributed by atoms with van der Waals surface area (Å²) in [5.74, 6) is 0. The maximum Gasteiger partial charge on any atom is 0.153 e. The van der Waals surface area contributed by atoms with Gasteiger partial charge in [-0.05, 0) is 30.7 Å². The second kappa shape index (κ2) is 3.80. The average molecular weight is 240 g/mol. The molecule has 1 heterocycles. The Bertz CT molecular complexity index is 552. The summed E-state index contributed by atoms with van der Waals surface area (Å²) in [5, 5.41) is 1.55. The van der Waals surface area contributed by atoms with Crippen LogP contribution in [0.2, 0.25) is 10.2 Å². The molecule has 2 nitrogen and oxygen atoms in total. The number of carbonyl (C=O) groups is 1. The van der Waals surface area contributed by atoms with E-state index in [1.807, 2.05) is 19.1 Å². The number of fused-ring (bicyclic) bond motifs is 1. The Morgan fingerprint density at radius 2 is 2.00 bits per heavy atom. The molecule has 0 unspecified atom stereocenters. The van der Waals surface area contributed by atoms with Gasteiger partial charge in [0.25, 0.3) is 0 Å². The third kappa shape index (κ3) is 1.83. The van der Waals surface area contributed by atoms with E-state index in [4.69, 9.17) is 23.2 Å². The van der Waals surface area contributed by atoms with E-state index in [1.165, 1.54) is 0 Å². The molecule has 0 aliphatic heterocycles. The number of pyridine rings is 1. The average Bonchev–Trinajstić information content (AvgIpc) is 2.18. The molecule has 1 aromatic carbocycles. The minimum absolute atomic E-state index is 0.184. The van der Waals surface area contributed by atoms with Crippen LogP contribution in [-0.2, 0) is 0 Å². The summed E-state index contributed by atoms with van der Waals surface area (Å²) in [7, 11) is 0. The second-order valence-electron chi connectivity index (χ2n) is 3.30. The summed E-state index contributed by atoms with van der Waals surface area (Å²) in [5.41, 5.74) is 2.03. The molecule has 15 heavy (non-hydrogen) atoms. The smallest absolute Gasteiger partial charge is 0.153 e. The van der Waals surface area contributed by atoms with Crippen molar-refractivity contribution in [1.82, 2.24) is 4.98 Å². The van der Waals surface area contributed by atoms with Gasteiger partial charge in [-0.15, -0.1) is 0 Å². The van der Waals surface area contributed by atoms with E-state index >= 15 is 0 Å². The van der Waals surface area contributed by atoms with E-state index in [2.05, 4.69) is 4.98 Å². The molecule has 4 heteroatoms. The van der Waals surface area contributed by atoms with Gasteiger partial charge in [-0.3, -0.25) is 4.79 Å². The second-order valence-corrected chi connectivity index (χ2v) is 4.07. The molecule has 76 valence electrons. The van der Waals surface area contributed by atoms with Crippen molar-refractivity contribution in [3.63, 3.8) is 0 Å². The van der Waals surface area contributed by atoms with Crippen molar-refractivity contribution in [3.8, 4) is 0 Å². The van der Waals surface area contributed by atoms with Crippen LogP contribution in [-0.4, -0.2) is 11.3 Å². The van der Waals surface area contributed by atoms with Crippen LogP contribution < -0.4 is 0 Å². The third-order valence-corrected chi connectivity index (χ3v) is 2.71. The Kier molecular flexibility index (Phi) is 2.63. The molecule has 0 fully saturated rings. The van der Waals surface area contributed by atoms with E-state index in [0.717, 1.165) is 10.9 Å². The van der Waals surface area contributed by atoms with Crippen LogP contribution in [0.3, 0.4) is 0 Å². The van der Waals surface area contributed by atoms with Gasteiger partial charge in [-0.25, -0.2) is 4.98 Å². The van der Waals surface area contributed by atoms with Gasteiger partial charge in [0.05, 0.1) is 16.1 Å². The fraction of sp³-hybridized carbons (Fsp3) is 0.0909. The van der Waals surface area contributed by atoms with Crippen molar-refractivity contribution >= 4 is 40.4 Å². The normalized spacial score (nSPS) is 10.6. The van der Waals surface area contributed by atoms with Crippen LogP contribution >= 0.6 is 23.2 Å². The third-order valence-electron chi connectivity index (χ3n) is 2.12. The molecular weight excluding hydrogens is 233 g/mol. The highest BCUT2D eigenvalue weighted by Gasteiger charge is 2.07. The minimum atomic E-state index is 0.184. The van der Waals surface area contributed by atoms with E-state index < -0.39 is 0 Å². The molecule has 0 aliphatic carbocycles. The highest BCUT2D eigenvalue weighted by molar-refractivity contribution is 6.36. The fourth-order valence-corrected chi connectivity index (χ4v) is 1.97. The molecule has 2 rings (SSSR count). The molecule has 0 spiro atoms. The Balaban J connectivity index is 2.87. The topological polar surface area (TPSA) is 30.0 Å². The fourth-order valence-electron chi connectivity index (χ4n) is 1.46. The number of hydrogen-bond acceptors (Lipinski definition) is 2. The Hall–Kier alpha value is -1.12. The van der Waals surface area contributed by atoms with Crippen molar-refractivity contribution < 1.29 is 4.79 Å². The predicted octanol–water partition coefficient (Wildman–Crippen LogP) is 3.66. The number of rotatable bonds is 1. The predicted molar refractivity (Wildman–Crippen MR) is 61.9 cm³/mol. The maximum atomic E-state index is 10.7. The van der Waals surface area contributed by atoms with Crippen LogP contribution in [0.4, 0.5) is 0 Å². The maximum absolute atomic E-state index is 10.7. The van der Waals surface area contributed by atoms with Gasteiger partial charge in [-0.1, -0.05) is 23.2 Å². The largest absolute Gasteiger partial charge is 0.298 e. The van der Waals surface area contributed by atoms with Crippen molar-refractivity contribution in [2.75, 3.05) is 0 Å². The molecule has 1 aromatic heterocycles. The first-order valence-corrected chi connectivity index (χ1v) is 5.09. The molecule has 0 aliphatic rings. The quantitative estimate of drug-likeness (QED) is 0.562. The Morgan fingerprint density at radius 3 is 2.67 bits per heavy atom. The summed E-state index contributed by atoms with van der Waals surface area (Å²) in [6, 6.07) is 5.42. The molecule has 0 N–H and O–H groups in total. The van der Waals surface area contributed by atoms with E-state index in [-0.39, 0.29) is 5.15 Å². The summed E-state index contributed by atoms with van der Waals surface area (Å²) in [6.45, 7) is 1.93.